The molecule has 0 saturated heterocycles. The summed E-state index contributed by atoms with van der Waals surface area (Å²) in [4.78, 5) is 21.8. The summed E-state index contributed by atoms with van der Waals surface area (Å²) in [5, 5.41) is 4.55. The van der Waals surface area contributed by atoms with Gasteiger partial charge in [0, 0.05) is 5.69 Å². The van der Waals surface area contributed by atoms with E-state index < -0.39 is 17.8 Å². The number of carbonyl (C=O) groups is 2. The molecule has 92 valence electrons. The highest BCUT2D eigenvalue weighted by Crippen LogP contribution is 2.19. The predicted molar refractivity (Wildman–Crippen MR) is 61.8 cm³/mol. The zero-order chi connectivity index (χ0) is 12.8. The van der Waals surface area contributed by atoms with Crippen molar-refractivity contribution in [3.05, 3.63) is 24.0 Å². The third-order valence-corrected chi connectivity index (χ3v) is 2.04. The molecule has 0 aromatic heterocycles. The first-order valence-electron chi connectivity index (χ1n) is 4.57. The number of benzene rings is 1. The van der Waals surface area contributed by atoms with Gasteiger partial charge in [0.15, 0.2) is 0 Å². The number of alkyl halides is 1. The first-order valence-corrected chi connectivity index (χ1v) is 5.10. The standard InChI is InChI=1S/C10H10ClFN2O3/c1-17-10(16)14-8-3-2-6(4-7(8)12)13-9(15)5-11/h2-4H,5H2,1H3,(H,13,15)(H,14,16). The molecule has 0 spiro atoms. The van der Waals surface area contributed by atoms with Crippen LogP contribution >= 0.6 is 11.6 Å². The molecule has 0 unspecified atom stereocenters. The molecule has 1 aromatic rings. The lowest BCUT2D eigenvalue weighted by Gasteiger charge is -2.07. The second-order valence-corrected chi connectivity index (χ2v) is 3.26. The summed E-state index contributed by atoms with van der Waals surface area (Å²) in [7, 11) is 1.17. The van der Waals surface area contributed by atoms with Crippen molar-refractivity contribution in [3.8, 4) is 0 Å². The lowest BCUT2D eigenvalue weighted by Crippen LogP contribution is -2.14. The Bertz CT molecular complexity index is 440. The maximum Gasteiger partial charge on any atom is 0.411 e. The van der Waals surface area contributed by atoms with E-state index in [2.05, 4.69) is 15.4 Å². The van der Waals surface area contributed by atoms with E-state index in [1.165, 1.54) is 19.2 Å². The van der Waals surface area contributed by atoms with Crippen molar-refractivity contribution in [1.29, 1.82) is 0 Å². The van der Waals surface area contributed by atoms with Crippen LogP contribution in [-0.4, -0.2) is 25.0 Å². The van der Waals surface area contributed by atoms with E-state index in [0.29, 0.717) is 0 Å². The SMILES string of the molecule is COC(=O)Nc1ccc(NC(=O)CCl)cc1F. The molecule has 2 amide bonds. The first-order chi connectivity index (χ1) is 8.06. The highest BCUT2D eigenvalue weighted by atomic mass is 35.5. The molecule has 1 rings (SSSR count). The van der Waals surface area contributed by atoms with Crippen LogP contribution in [0.4, 0.5) is 20.6 Å². The maximum atomic E-state index is 13.4. The van der Waals surface area contributed by atoms with Crippen LogP contribution in [0.15, 0.2) is 18.2 Å². The molecule has 0 aliphatic heterocycles. The Hall–Kier alpha value is -1.82. The summed E-state index contributed by atoms with van der Waals surface area (Å²) in [5.41, 5.74) is 0.212. The van der Waals surface area contributed by atoms with E-state index >= 15 is 0 Å². The van der Waals surface area contributed by atoms with Gasteiger partial charge >= 0.3 is 6.09 Å². The molecule has 0 heterocycles. The van der Waals surface area contributed by atoms with Crippen LogP contribution < -0.4 is 10.6 Å². The molecular weight excluding hydrogens is 251 g/mol. The minimum atomic E-state index is -0.776. The number of methoxy groups -OCH3 is 1. The topological polar surface area (TPSA) is 67.4 Å². The fourth-order valence-electron chi connectivity index (χ4n) is 1.05. The quantitative estimate of drug-likeness (QED) is 0.819. The summed E-state index contributed by atoms with van der Waals surface area (Å²) in [6.45, 7) is 0. The van der Waals surface area contributed by atoms with Crippen molar-refractivity contribution in [2.45, 2.75) is 0 Å². The van der Waals surface area contributed by atoms with Gasteiger partial charge in [-0.1, -0.05) is 0 Å². The van der Waals surface area contributed by atoms with Crippen LogP contribution in [0.5, 0.6) is 0 Å². The minimum Gasteiger partial charge on any atom is -0.453 e. The normalized spacial score (nSPS) is 9.59. The van der Waals surface area contributed by atoms with E-state index in [1.807, 2.05) is 0 Å². The van der Waals surface area contributed by atoms with Gasteiger partial charge in [0.2, 0.25) is 5.91 Å². The summed E-state index contributed by atoms with van der Waals surface area (Å²) in [5.74, 6) is -1.36. The molecule has 0 atom stereocenters. The van der Waals surface area contributed by atoms with Crippen LogP contribution in [0.25, 0.3) is 0 Å². The van der Waals surface area contributed by atoms with Crippen LogP contribution in [0.1, 0.15) is 0 Å². The van der Waals surface area contributed by atoms with E-state index in [1.54, 1.807) is 0 Å². The number of amides is 2. The van der Waals surface area contributed by atoms with Crippen LogP contribution in [0, 0.1) is 5.82 Å². The average molecular weight is 261 g/mol. The van der Waals surface area contributed by atoms with Crippen molar-refractivity contribution >= 4 is 35.0 Å². The lowest BCUT2D eigenvalue weighted by molar-refractivity contribution is -0.113. The molecule has 0 fully saturated rings. The Kier molecular flexibility index (Phi) is 4.71. The maximum absolute atomic E-state index is 13.4. The smallest absolute Gasteiger partial charge is 0.411 e. The zero-order valence-corrected chi connectivity index (χ0v) is 9.68. The van der Waals surface area contributed by atoms with Gasteiger partial charge < -0.3 is 10.1 Å². The van der Waals surface area contributed by atoms with Gasteiger partial charge in [-0.25, -0.2) is 9.18 Å². The van der Waals surface area contributed by atoms with Crippen LogP contribution in [0.3, 0.4) is 0 Å². The number of halogens is 2. The summed E-state index contributed by atoms with van der Waals surface area (Å²) >= 11 is 5.28. The van der Waals surface area contributed by atoms with Crippen molar-refractivity contribution in [2.24, 2.45) is 0 Å². The number of rotatable bonds is 3. The molecule has 2 N–H and O–H groups in total. The Labute approximate surface area is 102 Å². The number of hydrogen-bond acceptors (Lipinski definition) is 3. The Balaban J connectivity index is 2.79. The molecule has 17 heavy (non-hydrogen) atoms. The Morgan fingerprint density at radius 3 is 2.65 bits per heavy atom. The summed E-state index contributed by atoms with van der Waals surface area (Å²) in [6.07, 6.45) is -0.776. The van der Waals surface area contributed by atoms with Gasteiger partial charge in [0.1, 0.15) is 11.7 Å². The molecule has 0 aliphatic rings. The minimum absolute atomic E-state index is 0.0410. The van der Waals surface area contributed by atoms with E-state index in [9.17, 15) is 14.0 Å². The predicted octanol–water partition coefficient (Wildman–Crippen LogP) is 2.18. The lowest BCUT2D eigenvalue weighted by atomic mass is 10.2. The van der Waals surface area contributed by atoms with E-state index in [4.69, 9.17) is 11.6 Å². The molecule has 5 nitrogen and oxygen atoms in total. The van der Waals surface area contributed by atoms with E-state index in [-0.39, 0.29) is 17.3 Å². The van der Waals surface area contributed by atoms with Gasteiger partial charge in [-0.3, -0.25) is 10.1 Å². The second-order valence-electron chi connectivity index (χ2n) is 2.99. The number of carbonyl (C=O) groups excluding carboxylic acids is 2. The van der Waals surface area contributed by atoms with Crippen LogP contribution in [-0.2, 0) is 9.53 Å². The fraction of sp³-hybridized carbons (Fsp3) is 0.200. The molecule has 0 bridgehead atoms. The van der Waals surface area contributed by atoms with Crippen molar-refractivity contribution in [2.75, 3.05) is 23.6 Å². The largest absolute Gasteiger partial charge is 0.453 e. The molecule has 0 saturated carbocycles. The van der Waals surface area contributed by atoms with Crippen molar-refractivity contribution in [3.63, 3.8) is 0 Å². The third-order valence-electron chi connectivity index (χ3n) is 1.80. The number of ether oxygens (including phenoxy) is 1. The van der Waals surface area contributed by atoms with Crippen molar-refractivity contribution < 1.29 is 18.7 Å². The van der Waals surface area contributed by atoms with E-state index in [0.717, 1.165) is 6.07 Å². The van der Waals surface area contributed by atoms with Gasteiger partial charge in [0.25, 0.3) is 0 Å². The third kappa shape index (κ3) is 3.92. The Morgan fingerprint density at radius 2 is 2.12 bits per heavy atom. The zero-order valence-electron chi connectivity index (χ0n) is 8.92. The van der Waals surface area contributed by atoms with Gasteiger partial charge in [0.05, 0.1) is 12.8 Å². The second kappa shape index (κ2) is 6.05. The average Bonchev–Trinajstić information content (AvgIpc) is 2.32. The van der Waals surface area contributed by atoms with Gasteiger partial charge in [-0.15, -0.1) is 11.6 Å². The van der Waals surface area contributed by atoms with Crippen molar-refractivity contribution in [1.82, 2.24) is 0 Å². The summed E-state index contributed by atoms with van der Waals surface area (Å²) < 4.78 is 17.8. The number of hydrogen-bond donors (Lipinski definition) is 2. The van der Waals surface area contributed by atoms with Gasteiger partial charge in [-0.2, -0.15) is 0 Å². The monoisotopic (exact) mass is 260 g/mol. The molecular formula is C10H10ClFN2O3. The highest BCUT2D eigenvalue weighted by molar-refractivity contribution is 6.29. The number of nitrogens with one attached hydrogen (secondary N) is 2. The molecule has 1 aromatic carbocycles. The molecule has 0 aliphatic carbocycles. The number of anilines is 2. The van der Waals surface area contributed by atoms with Gasteiger partial charge in [-0.05, 0) is 18.2 Å². The molecule has 7 heteroatoms. The van der Waals surface area contributed by atoms with Crippen LogP contribution in [0.2, 0.25) is 0 Å². The Morgan fingerprint density at radius 1 is 1.41 bits per heavy atom. The fourth-order valence-corrected chi connectivity index (χ4v) is 1.12. The highest BCUT2D eigenvalue weighted by Gasteiger charge is 2.08. The first kappa shape index (κ1) is 13.2. The summed E-state index contributed by atoms with van der Waals surface area (Å²) in [6, 6.07) is 3.80. The molecule has 0 radical (unpaired) electrons.